The summed E-state index contributed by atoms with van der Waals surface area (Å²) in [6.45, 7) is 5.33. The SMILES string of the molecule is CCCNC(c1cccc2ccsc12)C(C)OC. The Bertz CT molecular complexity index is 494. The molecule has 0 saturated heterocycles. The van der Waals surface area contributed by atoms with Crippen LogP contribution in [-0.2, 0) is 4.74 Å². The standard InChI is InChI=1S/C15H21NOS/c1-4-9-16-14(11(2)17-3)13-7-5-6-12-8-10-18-15(12)13/h5-8,10-11,14,16H,4,9H2,1-3H3. The Kier molecular flexibility index (Phi) is 4.75. The van der Waals surface area contributed by atoms with Gasteiger partial charge < -0.3 is 10.1 Å². The topological polar surface area (TPSA) is 21.3 Å². The maximum absolute atomic E-state index is 5.53. The molecule has 0 aliphatic heterocycles. The maximum Gasteiger partial charge on any atom is 0.0738 e. The Morgan fingerprint density at radius 2 is 2.17 bits per heavy atom. The van der Waals surface area contributed by atoms with Gasteiger partial charge in [-0.1, -0.05) is 25.1 Å². The molecular formula is C15H21NOS. The highest BCUT2D eigenvalue weighted by atomic mass is 32.1. The molecule has 1 heterocycles. The van der Waals surface area contributed by atoms with E-state index in [0.29, 0.717) is 0 Å². The second kappa shape index (κ2) is 6.32. The van der Waals surface area contributed by atoms with E-state index in [4.69, 9.17) is 4.74 Å². The lowest BCUT2D eigenvalue weighted by Crippen LogP contribution is -2.32. The lowest BCUT2D eigenvalue weighted by atomic mass is 10.0. The molecule has 98 valence electrons. The zero-order valence-electron chi connectivity index (χ0n) is 11.3. The molecule has 1 aromatic heterocycles. The molecule has 0 bridgehead atoms. The summed E-state index contributed by atoms with van der Waals surface area (Å²) < 4.78 is 6.90. The molecule has 0 spiro atoms. The van der Waals surface area contributed by atoms with Gasteiger partial charge in [0.2, 0.25) is 0 Å². The van der Waals surface area contributed by atoms with Crippen molar-refractivity contribution in [2.75, 3.05) is 13.7 Å². The first-order valence-corrected chi connectivity index (χ1v) is 7.38. The van der Waals surface area contributed by atoms with E-state index in [-0.39, 0.29) is 12.1 Å². The summed E-state index contributed by atoms with van der Waals surface area (Å²) in [5.74, 6) is 0. The molecule has 2 aromatic rings. The molecule has 2 atom stereocenters. The highest BCUT2D eigenvalue weighted by molar-refractivity contribution is 7.17. The number of methoxy groups -OCH3 is 1. The van der Waals surface area contributed by atoms with Crippen molar-refractivity contribution in [2.45, 2.75) is 32.4 Å². The van der Waals surface area contributed by atoms with E-state index in [1.54, 1.807) is 7.11 Å². The molecule has 0 radical (unpaired) electrons. The minimum absolute atomic E-state index is 0.171. The highest BCUT2D eigenvalue weighted by Gasteiger charge is 2.20. The van der Waals surface area contributed by atoms with Crippen molar-refractivity contribution < 1.29 is 4.74 Å². The number of rotatable bonds is 6. The summed E-state index contributed by atoms with van der Waals surface area (Å²) in [5, 5.41) is 7.08. The van der Waals surface area contributed by atoms with Gasteiger partial charge in [0.05, 0.1) is 12.1 Å². The van der Waals surface area contributed by atoms with Gasteiger partial charge in [0, 0.05) is 11.8 Å². The molecule has 2 nitrogen and oxygen atoms in total. The number of thiophene rings is 1. The molecule has 1 aromatic carbocycles. The summed E-state index contributed by atoms with van der Waals surface area (Å²) >= 11 is 1.81. The zero-order valence-corrected chi connectivity index (χ0v) is 12.1. The summed E-state index contributed by atoms with van der Waals surface area (Å²) in [6.07, 6.45) is 1.30. The Balaban J connectivity index is 2.37. The summed E-state index contributed by atoms with van der Waals surface area (Å²) in [6, 6.07) is 8.95. The molecular weight excluding hydrogens is 242 g/mol. The van der Waals surface area contributed by atoms with Crippen molar-refractivity contribution in [1.82, 2.24) is 5.32 Å². The predicted octanol–water partition coefficient (Wildman–Crippen LogP) is 3.98. The number of hydrogen-bond donors (Lipinski definition) is 1. The Morgan fingerprint density at radius 3 is 2.89 bits per heavy atom. The predicted molar refractivity (Wildman–Crippen MR) is 79.3 cm³/mol. The van der Waals surface area contributed by atoms with Crippen molar-refractivity contribution in [3.8, 4) is 0 Å². The average molecular weight is 263 g/mol. The molecule has 1 N–H and O–H groups in total. The molecule has 0 aliphatic rings. The lowest BCUT2D eigenvalue weighted by molar-refractivity contribution is 0.0835. The quantitative estimate of drug-likeness (QED) is 0.851. The molecule has 0 fully saturated rings. The van der Waals surface area contributed by atoms with E-state index in [9.17, 15) is 0 Å². The number of benzene rings is 1. The van der Waals surface area contributed by atoms with Crippen LogP contribution < -0.4 is 5.32 Å². The van der Waals surface area contributed by atoms with Gasteiger partial charge in [-0.3, -0.25) is 0 Å². The number of fused-ring (bicyclic) bond motifs is 1. The first-order chi connectivity index (χ1) is 8.77. The molecule has 2 unspecified atom stereocenters. The van der Waals surface area contributed by atoms with Crippen LogP contribution in [0.1, 0.15) is 31.9 Å². The average Bonchev–Trinajstić information content (AvgIpc) is 2.87. The van der Waals surface area contributed by atoms with Crippen LogP contribution >= 0.6 is 11.3 Å². The van der Waals surface area contributed by atoms with Crippen LogP contribution in [0.3, 0.4) is 0 Å². The van der Waals surface area contributed by atoms with E-state index >= 15 is 0 Å². The second-order valence-corrected chi connectivity index (χ2v) is 5.47. The van der Waals surface area contributed by atoms with Crippen LogP contribution in [0.25, 0.3) is 10.1 Å². The third-order valence-corrected chi connectivity index (χ3v) is 4.28. The van der Waals surface area contributed by atoms with Crippen LogP contribution in [0.2, 0.25) is 0 Å². The normalized spacial score (nSPS) is 14.8. The molecule has 2 rings (SSSR count). The number of ether oxygens (including phenoxy) is 1. The van der Waals surface area contributed by atoms with Gasteiger partial charge in [-0.15, -0.1) is 11.3 Å². The van der Waals surface area contributed by atoms with E-state index in [2.05, 4.69) is 48.8 Å². The molecule has 0 aliphatic carbocycles. The van der Waals surface area contributed by atoms with Gasteiger partial charge >= 0.3 is 0 Å². The van der Waals surface area contributed by atoms with Gasteiger partial charge in [-0.25, -0.2) is 0 Å². The molecule has 3 heteroatoms. The molecule has 0 amide bonds. The van der Waals surface area contributed by atoms with Gasteiger partial charge in [-0.05, 0) is 42.3 Å². The van der Waals surface area contributed by atoms with Gasteiger partial charge in [0.1, 0.15) is 0 Å². The second-order valence-electron chi connectivity index (χ2n) is 4.56. The van der Waals surface area contributed by atoms with Crippen molar-refractivity contribution in [3.05, 3.63) is 35.2 Å². The van der Waals surface area contributed by atoms with Crippen LogP contribution in [0, 0.1) is 0 Å². The van der Waals surface area contributed by atoms with E-state index in [1.807, 2.05) is 11.3 Å². The van der Waals surface area contributed by atoms with Crippen LogP contribution in [0.4, 0.5) is 0 Å². The van der Waals surface area contributed by atoms with E-state index in [0.717, 1.165) is 13.0 Å². The third kappa shape index (κ3) is 2.74. The molecule has 18 heavy (non-hydrogen) atoms. The first kappa shape index (κ1) is 13.5. The van der Waals surface area contributed by atoms with Gasteiger partial charge in [0.15, 0.2) is 0 Å². The molecule has 0 saturated carbocycles. The summed E-state index contributed by atoms with van der Waals surface area (Å²) in [7, 11) is 1.78. The Labute approximate surface area is 113 Å². The van der Waals surface area contributed by atoms with Gasteiger partial charge in [0.25, 0.3) is 0 Å². The van der Waals surface area contributed by atoms with Crippen molar-refractivity contribution in [1.29, 1.82) is 0 Å². The smallest absolute Gasteiger partial charge is 0.0738 e. The van der Waals surface area contributed by atoms with Crippen LogP contribution in [0.15, 0.2) is 29.6 Å². The van der Waals surface area contributed by atoms with Crippen LogP contribution in [0.5, 0.6) is 0 Å². The van der Waals surface area contributed by atoms with E-state index in [1.165, 1.54) is 15.6 Å². The third-order valence-electron chi connectivity index (χ3n) is 3.30. The summed E-state index contributed by atoms with van der Waals surface area (Å²) in [5.41, 5.74) is 1.35. The minimum atomic E-state index is 0.171. The highest BCUT2D eigenvalue weighted by Crippen LogP contribution is 2.31. The monoisotopic (exact) mass is 263 g/mol. The lowest BCUT2D eigenvalue weighted by Gasteiger charge is -2.25. The number of nitrogens with one attached hydrogen (secondary N) is 1. The summed E-state index contributed by atoms with van der Waals surface area (Å²) in [4.78, 5) is 0. The maximum atomic E-state index is 5.53. The Morgan fingerprint density at radius 1 is 1.33 bits per heavy atom. The van der Waals surface area contributed by atoms with Crippen LogP contribution in [-0.4, -0.2) is 19.8 Å². The van der Waals surface area contributed by atoms with Gasteiger partial charge in [-0.2, -0.15) is 0 Å². The fourth-order valence-electron chi connectivity index (χ4n) is 2.23. The van der Waals surface area contributed by atoms with Crippen molar-refractivity contribution in [2.24, 2.45) is 0 Å². The van der Waals surface area contributed by atoms with Crippen molar-refractivity contribution >= 4 is 21.4 Å². The minimum Gasteiger partial charge on any atom is -0.380 e. The van der Waals surface area contributed by atoms with E-state index < -0.39 is 0 Å². The van der Waals surface area contributed by atoms with Crippen molar-refractivity contribution in [3.63, 3.8) is 0 Å². The Hall–Kier alpha value is -0.900. The number of hydrogen-bond acceptors (Lipinski definition) is 3. The zero-order chi connectivity index (χ0) is 13.0. The fraction of sp³-hybridized carbons (Fsp3) is 0.467. The largest absolute Gasteiger partial charge is 0.380 e. The first-order valence-electron chi connectivity index (χ1n) is 6.50. The fourth-order valence-corrected chi connectivity index (χ4v) is 3.18.